The topological polar surface area (TPSA) is 28.0 Å². The van der Waals surface area contributed by atoms with Crippen molar-refractivity contribution < 1.29 is 4.39 Å². The van der Waals surface area contributed by atoms with Gasteiger partial charge in [-0.25, -0.2) is 4.39 Å². The Labute approximate surface area is 183 Å². The summed E-state index contributed by atoms with van der Waals surface area (Å²) in [5.41, 5.74) is 2.47. The van der Waals surface area contributed by atoms with E-state index in [9.17, 15) is 4.39 Å². The fourth-order valence-electron chi connectivity index (χ4n) is 4.39. The third-order valence-corrected chi connectivity index (χ3v) is 6.35. The van der Waals surface area contributed by atoms with Gasteiger partial charge in [0, 0.05) is 0 Å². The van der Waals surface area contributed by atoms with Gasteiger partial charge in [0.25, 0.3) is 0 Å². The highest BCUT2D eigenvalue weighted by molar-refractivity contribution is 9.18. The zero-order chi connectivity index (χ0) is 20.6. The zero-order valence-electron chi connectivity index (χ0n) is 16.1. The average Bonchev–Trinajstić information content (AvgIpc) is 3.12. The second-order valence-electron chi connectivity index (χ2n) is 7.34. The molecule has 3 aromatic rings. The third kappa shape index (κ3) is 2.92. The van der Waals surface area contributed by atoms with E-state index in [1.807, 2.05) is 59.6 Å². The maximum Gasteiger partial charge on any atom is 0.151 e. The Balaban J connectivity index is 1.83. The van der Waals surface area contributed by atoms with Crippen molar-refractivity contribution in [1.29, 1.82) is 0 Å². The molecule has 2 unspecified atom stereocenters. The Hall–Kier alpha value is -3.05. The molecule has 0 bridgehead atoms. The van der Waals surface area contributed by atoms with E-state index in [1.165, 1.54) is 6.21 Å². The largest absolute Gasteiger partial charge is 0.263 e. The van der Waals surface area contributed by atoms with Gasteiger partial charge in [-0.2, -0.15) is 5.10 Å². The molecular weight excluding hydrogens is 441 g/mol. The highest BCUT2D eigenvalue weighted by Gasteiger charge is 2.51. The molecule has 148 valence electrons. The summed E-state index contributed by atoms with van der Waals surface area (Å²) in [6.45, 7) is 0. The second-order valence-corrected chi connectivity index (χ2v) is 8.16. The molecule has 0 aliphatic carbocycles. The number of hydrogen-bond donors (Lipinski definition) is 0. The second kappa shape index (κ2) is 7.65. The Morgan fingerprint density at radius 3 is 1.70 bits per heavy atom. The van der Waals surface area contributed by atoms with Gasteiger partial charge in [0.1, 0.15) is 16.0 Å². The first kappa shape index (κ1) is 18.9. The van der Waals surface area contributed by atoms with Crippen LogP contribution in [0, 0.1) is 5.92 Å². The molecule has 0 spiro atoms. The quantitative estimate of drug-likeness (QED) is 0.447. The summed E-state index contributed by atoms with van der Waals surface area (Å²) in [5, 5.41) is 6.93. The van der Waals surface area contributed by atoms with Gasteiger partial charge in [0.15, 0.2) is 6.17 Å². The lowest BCUT2D eigenvalue weighted by atomic mass is 9.76. The van der Waals surface area contributed by atoms with E-state index in [2.05, 4.69) is 57.3 Å². The Kier molecular flexibility index (Phi) is 4.83. The van der Waals surface area contributed by atoms with Crippen LogP contribution in [0.15, 0.2) is 113 Å². The van der Waals surface area contributed by atoms with Crippen molar-refractivity contribution in [2.24, 2.45) is 16.0 Å². The molecule has 0 radical (unpaired) electrons. The minimum atomic E-state index is -0.735. The van der Waals surface area contributed by atoms with Crippen LogP contribution in [0.25, 0.3) is 0 Å². The predicted octanol–water partition coefficient (Wildman–Crippen LogP) is 5.88. The lowest BCUT2D eigenvalue weighted by Gasteiger charge is -2.45. The van der Waals surface area contributed by atoms with Crippen molar-refractivity contribution >= 4 is 26.8 Å². The molecule has 2 heterocycles. The number of hydrazone groups is 1. The van der Waals surface area contributed by atoms with Crippen LogP contribution in [-0.2, 0) is 5.54 Å². The number of fused-ring (bicyclic) bond motifs is 1. The Morgan fingerprint density at radius 1 is 0.767 bits per heavy atom. The van der Waals surface area contributed by atoms with Crippen LogP contribution in [0.1, 0.15) is 16.7 Å². The molecule has 5 heteroatoms. The minimum Gasteiger partial charge on any atom is -0.263 e. The number of halogens is 2. The fraction of sp³-hybridized carbons (Fsp3) is 0.120. The van der Waals surface area contributed by atoms with Crippen LogP contribution >= 0.6 is 15.9 Å². The van der Waals surface area contributed by atoms with Gasteiger partial charge in [-0.1, -0.05) is 91.0 Å². The van der Waals surface area contributed by atoms with Gasteiger partial charge < -0.3 is 0 Å². The predicted molar refractivity (Wildman–Crippen MR) is 122 cm³/mol. The molecule has 30 heavy (non-hydrogen) atoms. The monoisotopic (exact) mass is 459 g/mol. The van der Waals surface area contributed by atoms with Gasteiger partial charge in [0.2, 0.25) is 0 Å². The SMILES string of the molecule is FC1=CC2C(Br)=NN(C(c3ccccc3)(c3ccccc3)c3ccccc3)C2N=C1. The molecule has 3 aromatic carbocycles. The van der Waals surface area contributed by atoms with Gasteiger partial charge in [-0.3, -0.25) is 10.0 Å². The summed E-state index contributed by atoms with van der Waals surface area (Å²) in [6, 6.07) is 30.9. The summed E-state index contributed by atoms with van der Waals surface area (Å²) in [5.74, 6) is -0.611. The van der Waals surface area contributed by atoms with Gasteiger partial charge in [-0.05, 0) is 38.7 Å². The summed E-state index contributed by atoms with van der Waals surface area (Å²) in [7, 11) is 0. The zero-order valence-corrected chi connectivity index (χ0v) is 17.7. The van der Waals surface area contributed by atoms with E-state index < -0.39 is 5.54 Å². The smallest absolute Gasteiger partial charge is 0.151 e. The first-order valence-electron chi connectivity index (χ1n) is 9.81. The Morgan fingerprint density at radius 2 is 1.23 bits per heavy atom. The number of rotatable bonds is 4. The molecule has 0 saturated heterocycles. The number of dihydropyridines is 1. The van der Waals surface area contributed by atoms with Crippen LogP contribution in [-0.4, -0.2) is 22.0 Å². The number of allylic oxidation sites excluding steroid dienone is 1. The van der Waals surface area contributed by atoms with E-state index in [4.69, 9.17) is 5.10 Å². The number of hydrogen-bond acceptors (Lipinski definition) is 3. The van der Waals surface area contributed by atoms with Crippen molar-refractivity contribution in [1.82, 2.24) is 5.01 Å². The maximum absolute atomic E-state index is 14.0. The van der Waals surface area contributed by atoms with Crippen LogP contribution in [0.2, 0.25) is 0 Å². The molecule has 0 fully saturated rings. The lowest BCUT2D eigenvalue weighted by molar-refractivity contribution is 0.114. The van der Waals surface area contributed by atoms with Crippen molar-refractivity contribution in [2.75, 3.05) is 0 Å². The van der Waals surface area contributed by atoms with Crippen molar-refractivity contribution in [3.05, 3.63) is 120 Å². The van der Waals surface area contributed by atoms with Gasteiger partial charge in [-0.15, -0.1) is 0 Å². The minimum absolute atomic E-state index is 0.273. The molecule has 3 nitrogen and oxygen atoms in total. The molecule has 0 aromatic heterocycles. The molecule has 0 N–H and O–H groups in total. The summed E-state index contributed by atoms with van der Waals surface area (Å²) >= 11 is 3.58. The van der Waals surface area contributed by atoms with Crippen LogP contribution in [0.5, 0.6) is 0 Å². The summed E-state index contributed by atoms with van der Waals surface area (Å²) in [4.78, 5) is 4.56. The number of aliphatic imine (C=N–C) groups is 1. The summed E-state index contributed by atoms with van der Waals surface area (Å²) in [6.07, 6.45) is 2.51. The molecule has 5 rings (SSSR count). The van der Waals surface area contributed by atoms with Gasteiger partial charge >= 0.3 is 0 Å². The summed E-state index contributed by atoms with van der Waals surface area (Å²) < 4.78 is 14.7. The van der Waals surface area contributed by atoms with Crippen LogP contribution in [0.4, 0.5) is 4.39 Å². The highest BCUT2D eigenvalue weighted by Crippen LogP contribution is 2.48. The maximum atomic E-state index is 14.0. The molecule has 2 aliphatic rings. The normalized spacial score (nSPS) is 20.5. The number of benzene rings is 3. The lowest BCUT2D eigenvalue weighted by Crippen LogP contribution is -2.49. The Bertz CT molecular complexity index is 1030. The molecular formula is C25H19BrFN3. The van der Waals surface area contributed by atoms with Crippen molar-refractivity contribution in [3.63, 3.8) is 0 Å². The first-order valence-corrected chi connectivity index (χ1v) is 10.6. The molecule has 0 amide bonds. The third-order valence-electron chi connectivity index (χ3n) is 5.66. The van der Waals surface area contributed by atoms with E-state index in [0.717, 1.165) is 16.7 Å². The number of nitrogens with zero attached hydrogens (tertiary/aromatic N) is 3. The molecule has 2 atom stereocenters. The van der Waals surface area contributed by atoms with Crippen LogP contribution in [0.3, 0.4) is 0 Å². The van der Waals surface area contributed by atoms with E-state index in [1.54, 1.807) is 6.08 Å². The van der Waals surface area contributed by atoms with E-state index >= 15 is 0 Å². The fourth-order valence-corrected chi connectivity index (χ4v) is 4.92. The van der Waals surface area contributed by atoms with Crippen molar-refractivity contribution in [3.8, 4) is 0 Å². The van der Waals surface area contributed by atoms with E-state index in [0.29, 0.717) is 4.62 Å². The molecule has 0 saturated carbocycles. The standard InChI is InChI=1S/C25H19BrFN3/c26-23-22-16-21(27)17-28-24(22)30(29-23)25(18-10-4-1-5-11-18,19-12-6-2-7-13-19)20-14-8-3-9-15-20/h1-17,22,24H. The van der Waals surface area contributed by atoms with Crippen molar-refractivity contribution in [2.45, 2.75) is 11.7 Å². The van der Waals surface area contributed by atoms with Gasteiger partial charge in [0.05, 0.1) is 12.1 Å². The molecule has 2 aliphatic heterocycles. The average molecular weight is 460 g/mol. The first-order chi connectivity index (χ1) is 14.7. The van der Waals surface area contributed by atoms with E-state index in [-0.39, 0.29) is 17.9 Å². The van der Waals surface area contributed by atoms with Crippen LogP contribution < -0.4 is 0 Å². The highest BCUT2D eigenvalue weighted by atomic mass is 79.9.